The molecule has 0 aromatic heterocycles. The second-order valence-corrected chi connectivity index (χ2v) is 5.64. The van der Waals surface area contributed by atoms with Crippen LogP contribution in [0.3, 0.4) is 0 Å². The van der Waals surface area contributed by atoms with Crippen molar-refractivity contribution in [2.75, 3.05) is 4.72 Å². The Bertz CT molecular complexity index is 715. The number of sulfonamides is 1. The Morgan fingerprint density at radius 3 is 2.10 bits per heavy atom. The van der Waals surface area contributed by atoms with E-state index in [9.17, 15) is 21.6 Å². The number of halogens is 3. The summed E-state index contributed by atoms with van der Waals surface area (Å²) in [4.78, 5) is 0. The molecule has 112 valence electrons. The predicted molar refractivity (Wildman–Crippen MR) is 71.6 cm³/mol. The highest BCUT2D eigenvalue weighted by atomic mass is 32.2. The normalized spacial score (nSPS) is 12.0. The smallest absolute Gasteiger partial charge is 0.455 e. The third kappa shape index (κ3) is 3.66. The van der Waals surface area contributed by atoms with Gasteiger partial charge >= 0.3 is 15.5 Å². The molecule has 4 nitrogen and oxygen atoms in total. The molecule has 0 fully saturated rings. The summed E-state index contributed by atoms with van der Waals surface area (Å²) in [6, 6.07) is 13.7. The van der Waals surface area contributed by atoms with Crippen LogP contribution in [0.1, 0.15) is 0 Å². The molecule has 0 bridgehead atoms. The quantitative estimate of drug-likeness (QED) is 0.934. The zero-order valence-electron chi connectivity index (χ0n) is 10.5. The van der Waals surface area contributed by atoms with Crippen LogP contribution in [0.5, 0.6) is 11.5 Å². The maximum absolute atomic E-state index is 12.4. The summed E-state index contributed by atoms with van der Waals surface area (Å²) in [5.74, 6) is 0.340. The highest BCUT2D eigenvalue weighted by Crippen LogP contribution is 2.32. The van der Waals surface area contributed by atoms with Crippen molar-refractivity contribution in [1.29, 1.82) is 0 Å². The van der Waals surface area contributed by atoms with Gasteiger partial charge in [0.2, 0.25) is 0 Å². The van der Waals surface area contributed by atoms with Gasteiger partial charge in [-0.1, -0.05) is 30.3 Å². The summed E-state index contributed by atoms with van der Waals surface area (Å²) < 4.78 is 66.3. The number of benzene rings is 2. The van der Waals surface area contributed by atoms with E-state index in [1.54, 1.807) is 30.3 Å². The Morgan fingerprint density at radius 2 is 1.48 bits per heavy atom. The lowest BCUT2D eigenvalue weighted by Gasteiger charge is -2.14. The van der Waals surface area contributed by atoms with Crippen molar-refractivity contribution in [2.24, 2.45) is 0 Å². The minimum atomic E-state index is -5.50. The van der Waals surface area contributed by atoms with E-state index in [0.717, 1.165) is 0 Å². The van der Waals surface area contributed by atoms with Crippen LogP contribution in [0.2, 0.25) is 0 Å². The molecule has 0 aliphatic rings. The third-order valence-corrected chi connectivity index (χ3v) is 3.51. The van der Waals surface area contributed by atoms with E-state index in [1.807, 2.05) is 0 Å². The van der Waals surface area contributed by atoms with E-state index in [2.05, 4.69) is 0 Å². The molecular formula is C13H10F3NO3S. The van der Waals surface area contributed by atoms with Crippen molar-refractivity contribution in [3.8, 4) is 11.5 Å². The molecule has 2 aromatic carbocycles. The number of hydrogen-bond donors (Lipinski definition) is 1. The number of anilines is 1. The fourth-order valence-electron chi connectivity index (χ4n) is 1.46. The fraction of sp³-hybridized carbons (Fsp3) is 0.0769. The van der Waals surface area contributed by atoms with Crippen LogP contribution in [-0.2, 0) is 10.0 Å². The van der Waals surface area contributed by atoms with Crippen LogP contribution >= 0.6 is 0 Å². The van der Waals surface area contributed by atoms with Gasteiger partial charge in [0.25, 0.3) is 0 Å². The van der Waals surface area contributed by atoms with Gasteiger partial charge in [-0.25, -0.2) is 0 Å². The largest absolute Gasteiger partial charge is 0.516 e. The van der Waals surface area contributed by atoms with Crippen molar-refractivity contribution >= 4 is 15.7 Å². The molecule has 0 saturated carbocycles. The molecule has 0 spiro atoms. The van der Waals surface area contributed by atoms with Gasteiger partial charge in [0.1, 0.15) is 5.75 Å². The topological polar surface area (TPSA) is 55.4 Å². The standard InChI is InChI=1S/C13H10F3NO3S/c14-13(15,16)21(18,19)17-11-8-4-5-9-12(11)20-10-6-2-1-3-7-10/h1-9,17H. The van der Waals surface area contributed by atoms with Crippen molar-refractivity contribution < 1.29 is 26.3 Å². The highest BCUT2D eigenvalue weighted by molar-refractivity contribution is 7.93. The lowest BCUT2D eigenvalue weighted by atomic mass is 10.3. The van der Waals surface area contributed by atoms with Gasteiger partial charge in [-0.05, 0) is 24.3 Å². The van der Waals surface area contributed by atoms with E-state index in [4.69, 9.17) is 4.74 Å². The molecular weight excluding hydrogens is 307 g/mol. The summed E-state index contributed by atoms with van der Waals surface area (Å²) in [5.41, 5.74) is -5.69. The molecule has 1 N–H and O–H groups in total. The van der Waals surface area contributed by atoms with Gasteiger partial charge in [-0.2, -0.15) is 21.6 Å². The maximum Gasteiger partial charge on any atom is 0.516 e. The Kier molecular flexibility index (Phi) is 4.08. The lowest BCUT2D eigenvalue weighted by molar-refractivity contribution is -0.0429. The third-order valence-electron chi connectivity index (χ3n) is 2.41. The molecule has 2 aromatic rings. The predicted octanol–water partition coefficient (Wildman–Crippen LogP) is 3.74. The Hall–Kier alpha value is -2.22. The number of para-hydroxylation sites is 3. The van der Waals surface area contributed by atoms with E-state index in [-0.39, 0.29) is 11.4 Å². The first-order valence-electron chi connectivity index (χ1n) is 5.70. The minimum absolute atomic E-state index is 0.0310. The maximum atomic E-state index is 12.4. The first-order chi connectivity index (χ1) is 9.79. The van der Waals surface area contributed by atoms with Gasteiger partial charge in [0, 0.05) is 0 Å². The molecule has 8 heteroatoms. The van der Waals surface area contributed by atoms with Crippen molar-refractivity contribution in [3.05, 3.63) is 54.6 Å². The van der Waals surface area contributed by atoms with Crippen LogP contribution < -0.4 is 9.46 Å². The van der Waals surface area contributed by atoms with E-state index < -0.39 is 15.5 Å². The summed E-state index contributed by atoms with van der Waals surface area (Å²) in [6.07, 6.45) is 0. The molecule has 2 rings (SSSR count). The van der Waals surface area contributed by atoms with Crippen LogP contribution in [-0.4, -0.2) is 13.9 Å². The van der Waals surface area contributed by atoms with E-state index in [0.29, 0.717) is 5.75 Å². The molecule has 0 heterocycles. The van der Waals surface area contributed by atoms with Crippen molar-refractivity contribution in [1.82, 2.24) is 0 Å². The van der Waals surface area contributed by atoms with Crippen molar-refractivity contribution in [2.45, 2.75) is 5.51 Å². The Morgan fingerprint density at radius 1 is 0.905 bits per heavy atom. The molecule has 0 unspecified atom stereocenters. The molecule has 0 radical (unpaired) electrons. The Balaban J connectivity index is 2.30. The SMILES string of the molecule is O=S(=O)(Nc1ccccc1Oc1ccccc1)C(F)(F)F. The number of hydrogen-bond acceptors (Lipinski definition) is 3. The first-order valence-corrected chi connectivity index (χ1v) is 7.19. The molecule has 21 heavy (non-hydrogen) atoms. The number of alkyl halides is 3. The number of rotatable bonds is 4. The molecule has 0 amide bonds. The average molecular weight is 317 g/mol. The molecule has 0 aliphatic heterocycles. The van der Waals surface area contributed by atoms with Crippen LogP contribution in [0.15, 0.2) is 54.6 Å². The molecule has 0 saturated heterocycles. The second kappa shape index (κ2) is 5.65. The molecule has 0 aliphatic carbocycles. The fourth-order valence-corrected chi connectivity index (χ4v) is 2.03. The second-order valence-electron chi connectivity index (χ2n) is 3.96. The van der Waals surface area contributed by atoms with Gasteiger partial charge in [-0.15, -0.1) is 0 Å². The zero-order chi connectivity index (χ0) is 15.5. The Labute approximate surface area is 119 Å². The minimum Gasteiger partial charge on any atom is -0.455 e. The summed E-state index contributed by atoms with van der Waals surface area (Å²) in [7, 11) is -5.50. The van der Waals surface area contributed by atoms with Gasteiger partial charge < -0.3 is 4.74 Å². The number of ether oxygens (including phenoxy) is 1. The van der Waals surface area contributed by atoms with Crippen molar-refractivity contribution in [3.63, 3.8) is 0 Å². The first kappa shape index (κ1) is 15.2. The summed E-state index contributed by atoms with van der Waals surface area (Å²) in [6.45, 7) is 0. The summed E-state index contributed by atoms with van der Waals surface area (Å²) in [5, 5.41) is 0. The number of nitrogens with one attached hydrogen (secondary N) is 1. The lowest BCUT2D eigenvalue weighted by Crippen LogP contribution is -2.30. The van der Waals surface area contributed by atoms with E-state index in [1.165, 1.54) is 29.0 Å². The van der Waals surface area contributed by atoms with Gasteiger partial charge in [-0.3, -0.25) is 4.72 Å². The highest BCUT2D eigenvalue weighted by Gasteiger charge is 2.46. The average Bonchev–Trinajstić information content (AvgIpc) is 2.40. The van der Waals surface area contributed by atoms with Crippen LogP contribution in [0.25, 0.3) is 0 Å². The molecule has 0 atom stereocenters. The van der Waals surface area contributed by atoms with Gasteiger partial charge in [0.05, 0.1) is 5.69 Å². The zero-order valence-corrected chi connectivity index (χ0v) is 11.3. The van der Waals surface area contributed by atoms with Gasteiger partial charge in [0.15, 0.2) is 5.75 Å². The van der Waals surface area contributed by atoms with Crippen LogP contribution in [0, 0.1) is 0 Å². The summed E-state index contributed by atoms with van der Waals surface area (Å²) >= 11 is 0. The monoisotopic (exact) mass is 317 g/mol. The van der Waals surface area contributed by atoms with Crippen LogP contribution in [0.4, 0.5) is 18.9 Å². The van der Waals surface area contributed by atoms with E-state index >= 15 is 0 Å².